The maximum atomic E-state index is 13.8. The molecule has 2 heterocycles. The van der Waals surface area contributed by atoms with Crippen LogP contribution in [0.15, 0.2) is 76.5 Å². The Kier molecular flexibility index (Phi) is 9.93. The maximum Gasteiger partial charge on any atom is 0.243 e. The van der Waals surface area contributed by atoms with E-state index >= 15 is 0 Å². The van der Waals surface area contributed by atoms with Crippen LogP contribution < -0.4 is 20.5 Å². The smallest absolute Gasteiger partial charge is 0.243 e. The number of benzene rings is 3. The van der Waals surface area contributed by atoms with Gasteiger partial charge in [0.2, 0.25) is 10.0 Å². The molecule has 2 atom stereocenters. The molecule has 1 spiro atoms. The van der Waals surface area contributed by atoms with Gasteiger partial charge in [-0.2, -0.15) is 4.31 Å². The number of hydrogen-bond donors (Lipinski definition) is 3. The monoisotopic (exact) mass is 699 g/mol. The van der Waals surface area contributed by atoms with E-state index in [0.717, 1.165) is 24.0 Å². The first kappa shape index (κ1) is 34.8. The van der Waals surface area contributed by atoms with Crippen molar-refractivity contribution in [1.29, 1.82) is 0 Å². The number of hydrogen-bond acceptors (Lipinski definition) is 10. The maximum absolute atomic E-state index is 13.8. The van der Waals surface area contributed by atoms with Gasteiger partial charge in [0, 0.05) is 36.8 Å². The van der Waals surface area contributed by atoms with Crippen LogP contribution in [0, 0.1) is 0 Å². The molecule has 13 heteroatoms. The highest BCUT2D eigenvalue weighted by molar-refractivity contribution is 7.91. The van der Waals surface area contributed by atoms with E-state index in [2.05, 4.69) is 5.32 Å². The van der Waals surface area contributed by atoms with Crippen LogP contribution in [0.5, 0.6) is 11.5 Å². The van der Waals surface area contributed by atoms with Gasteiger partial charge in [-0.05, 0) is 79.6 Å². The normalized spacial score (nSPS) is 21.2. The lowest BCUT2D eigenvalue weighted by molar-refractivity contribution is -0.0312. The molecule has 0 unspecified atom stereocenters. The first-order valence-corrected chi connectivity index (χ1v) is 19.5. The van der Waals surface area contributed by atoms with Crippen molar-refractivity contribution in [2.24, 2.45) is 5.73 Å². The summed E-state index contributed by atoms with van der Waals surface area (Å²) in [6.45, 7) is 3.00. The Balaban J connectivity index is 1.01. The average Bonchev–Trinajstić information content (AvgIpc) is 3.74. The van der Waals surface area contributed by atoms with Gasteiger partial charge in [-0.3, -0.25) is 0 Å². The molecule has 4 N–H and O–H groups in total. The Morgan fingerprint density at radius 3 is 2.40 bits per heavy atom. The molecular weight excluding hydrogens is 655 g/mol. The zero-order chi connectivity index (χ0) is 34.2. The van der Waals surface area contributed by atoms with E-state index in [4.69, 9.17) is 19.9 Å². The lowest BCUT2D eigenvalue weighted by Crippen LogP contribution is -2.47. The molecule has 3 aromatic rings. The van der Waals surface area contributed by atoms with Gasteiger partial charge in [0.1, 0.15) is 24.2 Å². The van der Waals surface area contributed by atoms with Crippen molar-refractivity contribution >= 4 is 19.9 Å². The molecule has 0 bridgehead atoms. The van der Waals surface area contributed by atoms with Gasteiger partial charge in [-0.1, -0.05) is 37.3 Å². The van der Waals surface area contributed by atoms with Crippen molar-refractivity contribution < 1.29 is 36.2 Å². The predicted octanol–water partition coefficient (Wildman–Crippen LogP) is 3.45. The van der Waals surface area contributed by atoms with E-state index in [0.29, 0.717) is 56.0 Å². The minimum Gasteiger partial charge on any atom is -0.496 e. The van der Waals surface area contributed by atoms with Crippen molar-refractivity contribution in [3.05, 3.63) is 72.3 Å². The number of nitrogens with one attached hydrogen (secondary N) is 1. The first-order chi connectivity index (χ1) is 22.9. The zero-order valence-corrected chi connectivity index (χ0v) is 29.1. The highest BCUT2D eigenvalue weighted by atomic mass is 32.2. The summed E-state index contributed by atoms with van der Waals surface area (Å²) in [6.07, 6.45) is 2.96. The van der Waals surface area contributed by atoms with Crippen molar-refractivity contribution in [3.63, 3.8) is 0 Å². The third kappa shape index (κ3) is 7.42. The fraction of sp³-hybridized carbons (Fsp3) is 0.486. The second kappa shape index (κ2) is 13.7. The van der Waals surface area contributed by atoms with Crippen LogP contribution in [0.25, 0.3) is 11.1 Å². The predicted molar refractivity (Wildman–Crippen MR) is 182 cm³/mol. The van der Waals surface area contributed by atoms with Crippen molar-refractivity contribution in [3.8, 4) is 22.6 Å². The summed E-state index contributed by atoms with van der Waals surface area (Å²) >= 11 is 0. The summed E-state index contributed by atoms with van der Waals surface area (Å²) < 4.78 is 70.9. The molecule has 2 aliphatic heterocycles. The number of aliphatic hydroxyl groups is 1. The third-order valence-electron chi connectivity index (χ3n) is 9.84. The minimum atomic E-state index is -3.76. The van der Waals surface area contributed by atoms with Crippen LogP contribution in [0.2, 0.25) is 0 Å². The number of sulfonamides is 1. The SMILES string of the molecule is CCS(=O)(=O)c1cccc(OC[C@@H](O)CN[C@@H]2COC3(CCN(S(=O)(=O)c4ccc(OC)c(-c5ccc(C6(N)CC6)cc5)c4)CC3)C2)c1. The highest BCUT2D eigenvalue weighted by Gasteiger charge is 2.45. The fourth-order valence-electron chi connectivity index (χ4n) is 6.56. The van der Waals surface area contributed by atoms with E-state index in [9.17, 15) is 21.9 Å². The zero-order valence-electron chi connectivity index (χ0n) is 27.4. The van der Waals surface area contributed by atoms with Crippen LogP contribution in [0.3, 0.4) is 0 Å². The van der Waals surface area contributed by atoms with Gasteiger partial charge < -0.3 is 30.4 Å². The largest absolute Gasteiger partial charge is 0.496 e. The molecule has 48 heavy (non-hydrogen) atoms. The standard InChI is InChI=1S/C35H45N3O8S2/c1-3-47(40,41)30-6-4-5-29(19-30)45-24-28(39)22-37-27-21-34(46-23-27)15-17-38(18-16-34)48(42,43)31-11-12-33(44-2)32(20-31)25-7-9-26(10-8-25)35(36)13-14-35/h4-12,19-20,27-28,37,39H,3,13-18,21-24,36H2,1-2H3/t27-,28-/m0/s1. The second-order valence-electron chi connectivity index (χ2n) is 13.1. The summed E-state index contributed by atoms with van der Waals surface area (Å²) in [5, 5.41) is 13.9. The van der Waals surface area contributed by atoms with E-state index < -0.39 is 31.6 Å². The number of methoxy groups -OCH3 is 1. The number of ether oxygens (including phenoxy) is 3. The van der Waals surface area contributed by atoms with Crippen LogP contribution in [-0.4, -0.2) is 89.7 Å². The molecule has 3 fully saturated rings. The quantitative estimate of drug-likeness (QED) is 0.242. The van der Waals surface area contributed by atoms with Crippen LogP contribution in [0.1, 0.15) is 44.6 Å². The lowest BCUT2D eigenvalue weighted by Gasteiger charge is -2.38. The fourth-order valence-corrected chi connectivity index (χ4v) is 8.95. The molecule has 3 aromatic carbocycles. The molecule has 3 aliphatic rings. The van der Waals surface area contributed by atoms with Gasteiger partial charge in [0.25, 0.3) is 0 Å². The lowest BCUT2D eigenvalue weighted by atomic mass is 9.88. The number of piperidine rings is 1. The van der Waals surface area contributed by atoms with Gasteiger partial charge >= 0.3 is 0 Å². The van der Waals surface area contributed by atoms with Crippen molar-refractivity contribution in [2.45, 2.75) is 72.1 Å². The summed E-state index contributed by atoms with van der Waals surface area (Å²) in [4.78, 5) is 0.411. The first-order valence-electron chi connectivity index (χ1n) is 16.5. The molecule has 2 saturated heterocycles. The van der Waals surface area contributed by atoms with Crippen molar-refractivity contribution in [1.82, 2.24) is 9.62 Å². The number of nitrogens with zero attached hydrogens (tertiary/aromatic N) is 1. The summed E-state index contributed by atoms with van der Waals surface area (Å²) in [6, 6.07) is 19.2. The van der Waals surface area contributed by atoms with Gasteiger partial charge in [0.05, 0.1) is 34.9 Å². The third-order valence-corrected chi connectivity index (χ3v) is 13.5. The van der Waals surface area contributed by atoms with Crippen LogP contribution >= 0.6 is 0 Å². The summed E-state index contributed by atoms with van der Waals surface area (Å²) in [5.74, 6) is 0.975. The van der Waals surface area contributed by atoms with E-state index in [1.807, 2.05) is 24.3 Å². The summed E-state index contributed by atoms with van der Waals surface area (Å²) in [5.41, 5.74) is 8.33. The molecule has 1 saturated carbocycles. The molecule has 1 aliphatic carbocycles. The molecule has 0 amide bonds. The molecule has 6 rings (SSSR count). The molecule has 11 nitrogen and oxygen atoms in total. The van der Waals surface area contributed by atoms with E-state index in [-0.39, 0.29) is 40.3 Å². The molecule has 260 valence electrons. The minimum absolute atomic E-state index is 0.000940. The molecular formula is C35H45N3O8S2. The number of nitrogens with two attached hydrogens (primary N) is 1. The Morgan fingerprint density at radius 2 is 1.73 bits per heavy atom. The Bertz CT molecular complexity index is 1820. The van der Waals surface area contributed by atoms with Gasteiger partial charge in [-0.15, -0.1) is 0 Å². The number of aliphatic hydroxyl groups excluding tert-OH is 1. The Hall–Kier alpha value is -3.04. The second-order valence-corrected chi connectivity index (χ2v) is 17.4. The number of rotatable bonds is 13. The van der Waals surface area contributed by atoms with Crippen molar-refractivity contribution in [2.75, 3.05) is 45.7 Å². The van der Waals surface area contributed by atoms with Crippen LogP contribution in [0.4, 0.5) is 0 Å². The summed E-state index contributed by atoms with van der Waals surface area (Å²) in [7, 11) is -5.53. The van der Waals surface area contributed by atoms with Gasteiger partial charge in [0.15, 0.2) is 9.84 Å². The van der Waals surface area contributed by atoms with Gasteiger partial charge in [-0.25, -0.2) is 16.8 Å². The Labute approximate surface area is 283 Å². The Morgan fingerprint density at radius 1 is 1.00 bits per heavy atom. The van der Waals surface area contributed by atoms with E-state index in [1.165, 1.54) is 16.4 Å². The molecule has 0 aromatic heterocycles. The number of sulfone groups is 1. The average molecular weight is 700 g/mol. The highest BCUT2D eigenvalue weighted by Crippen LogP contribution is 2.44. The molecule has 0 radical (unpaired) electrons. The topological polar surface area (TPSA) is 157 Å². The van der Waals surface area contributed by atoms with Crippen LogP contribution in [-0.2, 0) is 30.1 Å². The van der Waals surface area contributed by atoms with E-state index in [1.54, 1.807) is 44.4 Å².